The first-order valence-electron chi connectivity index (χ1n) is 6.55. The van der Waals surface area contributed by atoms with Crippen molar-refractivity contribution in [2.45, 2.75) is 0 Å². The van der Waals surface area contributed by atoms with Gasteiger partial charge in [-0.25, -0.2) is 10.4 Å². The fourth-order valence-electron chi connectivity index (χ4n) is 2.08. The third-order valence-corrected chi connectivity index (χ3v) is 3.20. The highest BCUT2D eigenvalue weighted by Gasteiger charge is 2.05. The number of hydrogen-bond donors (Lipinski definition) is 1. The van der Waals surface area contributed by atoms with Gasteiger partial charge in [0, 0.05) is 12.6 Å². The van der Waals surface area contributed by atoms with Crippen LogP contribution in [0.5, 0.6) is 0 Å². The Morgan fingerprint density at radius 3 is 2.62 bits per heavy atom. The van der Waals surface area contributed by atoms with E-state index in [4.69, 9.17) is 0 Å². The molecule has 2 aromatic carbocycles. The number of amides is 1. The predicted molar refractivity (Wildman–Crippen MR) is 82.2 cm³/mol. The number of imidazole rings is 1. The van der Waals surface area contributed by atoms with Crippen molar-refractivity contribution in [3.8, 4) is 0 Å². The average molecular weight is 278 g/mol. The quantitative estimate of drug-likeness (QED) is 0.590. The van der Waals surface area contributed by atoms with Crippen LogP contribution in [0.4, 0.5) is 0 Å². The van der Waals surface area contributed by atoms with Gasteiger partial charge >= 0.3 is 0 Å². The Morgan fingerprint density at radius 2 is 1.86 bits per heavy atom. The number of nitrogens with one attached hydrogen (secondary N) is 1. The first-order valence-corrected chi connectivity index (χ1v) is 6.55. The molecule has 0 saturated carbocycles. The molecule has 0 bridgehead atoms. The largest absolute Gasteiger partial charge is 0.326 e. The van der Waals surface area contributed by atoms with Gasteiger partial charge in [-0.1, -0.05) is 30.3 Å². The molecule has 5 nitrogen and oxygen atoms in total. The molecule has 0 aliphatic carbocycles. The summed E-state index contributed by atoms with van der Waals surface area (Å²) in [5.41, 5.74) is 4.99. The van der Waals surface area contributed by atoms with E-state index in [1.54, 1.807) is 18.3 Å². The lowest BCUT2D eigenvalue weighted by molar-refractivity contribution is 0.0955. The Labute approximate surface area is 121 Å². The van der Waals surface area contributed by atoms with Crippen LogP contribution in [0.3, 0.4) is 0 Å². The molecular weight excluding hydrogens is 264 g/mol. The van der Waals surface area contributed by atoms with Crippen LogP contribution >= 0.6 is 0 Å². The van der Waals surface area contributed by atoms with Crippen LogP contribution < -0.4 is 5.43 Å². The molecule has 0 spiro atoms. The molecule has 1 aromatic heterocycles. The van der Waals surface area contributed by atoms with E-state index in [1.165, 1.54) is 0 Å². The normalized spacial score (nSPS) is 11.1. The molecule has 0 aliphatic rings. The predicted octanol–water partition coefficient (Wildman–Crippen LogP) is 2.34. The molecule has 1 heterocycles. The smallest absolute Gasteiger partial charge is 0.271 e. The number of rotatable bonds is 3. The lowest BCUT2D eigenvalue weighted by atomic mass is 10.2. The van der Waals surface area contributed by atoms with Gasteiger partial charge in [-0.15, -0.1) is 0 Å². The number of carbonyl (C=O) groups is 1. The van der Waals surface area contributed by atoms with Crippen molar-refractivity contribution >= 4 is 23.2 Å². The van der Waals surface area contributed by atoms with Crippen molar-refractivity contribution in [3.63, 3.8) is 0 Å². The zero-order valence-electron chi connectivity index (χ0n) is 11.5. The summed E-state index contributed by atoms with van der Waals surface area (Å²) in [5.74, 6) is 0.440. The summed E-state index contributed by atoms with van der Waals surface area (Å²) < 4.78 is 1.92. The molecular formula is C16H14N4O. The van der Waals surface area contributed by atoms with Crippen molar-refractivity contribution in [3.05, 3.63) is 66.0 Å². The minimum Gasteiger partial charge on any atom is -0.326 e. The van der Waals surface area contributed by atoms with E-state index in [0.29, 0.717) is 11.4 Å². The first-order chi connectivity index (χ1) is 10.3. The number of benzene rings is 2. The molecule has 0 saturated heterocycles. The number of aromatic nitrogens is 2. The van der Waals surface area contributed by atoms with Crippen molar-refractivity contribution in [2.75, 3.05) is 0 Å². The van der Waals surface area contributed by atoms with Gasteiger partial charge in [0.05, 0.1) is 17.2 Å². The monoisotopic (exact) mass is 278 g/mol. The summed E-state index contributed by atoms with van der Waals surface area (Å²) >= 11 is 0. The summed E-state index contributed by atoms with van der Waals surface area (Å²) in [6, 6.07) is 16.8. The number of fused-ring (bicyclic) bond motifs is 1. The second kappa shape index (κ2) is 5.58. The number of hydrazone groups is 1. The molecule has 3 aromatic rings. The highest BCUT2D eigenvalue weighted by molar-refractivity contribution is 5.94. The maximum Gasteiger partial charge on any atom is 0.271 e. The van der Waals surface area contributed by atoms with E-state index in [2.05, 4.69) is 15.5 Å². The van der Waals surface area contributed by atoms with Crippen LogP contribution in [0.1, 0.15) is 16.2 Å². The van der Waals surface area contributed by atoms with Gasteiger partial charge in [0.1, 0.15) is 0 Å². The van der Waals surface area contributed by atoms with Gasteiger partial charge in [-0.3, -0.25) is 4.79 Å². The van der Waals surface area contributed by atoms with Gasteiger partial charge < -0.3 is 4.57 Å². The summed E-state index contributed by atoms with van der Waals surface area (Å²) in [6.45, 7) is 0. The highest BCUT2D eigenvalue weighted by Crippen LogP contribution is 2.12. The van der Waals surface area contributed by atoms with E-state index in [0.717, 1.165) is 11.0 Å². The third kappa shape index (κ3) is 2.67. The average Bonchev–Trinajstić information content (AvgIpc) is 2.85. The molecule has 1 N–H and O–H groups in total. The Kier molecular flexibility index (Phi) is 3.47. The van der Waals surface area contributed by atoms with Gasteiger partial charge in [-0.05, 0) is 24.3 Å². The highest BCUT2D eigenvalue weighted by atomic mass is 16.2. The van der Waals surface area contributed by atoms with E-state index in [9.17, 15) is 4.79 Å². The van der Waals surface area contributed by atoms with E-state index < -0.39 is 0 Å². The van der Waals surface area contributed by atoms with Crippen molar-refractivity contribution in [1.82, 2.24) is 15.0 Å². The molecule has 0 aliphatic heterocycles. The van der Waals surface area contributed by atoms with Gasteiger partial charge in [0.2, 0.25) is 0 Å². The lowest BCUT2D eigenvalue weighted by Gasteiger charge is -1.99. The third-order valence-electron chi connectivity index (χ3n) is 3.20. The molecule has 0 unspecified atom stereocenters. The SMILES string of the molecule is Cn1c(/C=N\NC(=O)c2ccccc2)nc2ccccc21. The molecule has 104 valence electrons. The molecule has 5 heteroatoms. The molecule has 0 fully saturated rings. The molecule has 0 atom stereocenters. The Hall–Kier alpha value is -2.95. The Balaban J connectivity index is 1.76. The summed E-state index contributed by atoms with van der Waals surface area (Å²) in [7, 11) is 1.91. The zero-order valence-corrected chi connectivity index (χ0v) is 11.5. The molecule has 0 radical (unpaired) electrons. The van der Waals surface area contributed by atoms with E-state index >= 15 is 0 Å². The number of carbonyl (C=O) groups excluding carboxylic acids is 1. The minimum atomic E-state index is -0.245. The lowest BCUT2D eigenvalue weighted by Crippen LogP contribution is -2.17. The summed E-state index contributed by atoms with van der Waals surface area (Å²) in [6.07, 6.45) is 1.54. The minimum absolute atomic E-state index is 0.245. The summed E-state index contributed by atoms with van der Waals surface area (Å²) in [5, 5.41) is 3.97. The molecule has 3 rings (SSSR count). The first kappa shape index (κ1) is 13.1. The van der Waals surface area contributed by atoms with Crippen molar-refractivity contribution in [2.24, 2.45) is 12.1 Å². The maximum absolute atomic E-state index is 11.8. The topological polar surface area (TPSA) is 59.3 Å². The molecule has 1 amide bonds. The van der Waals surface area contributed by atoms with Crippen molar-refractivity contribution in [1.29, 1.82) is 0 Å². The molecule has 21 heavy (non-hydrogen) atoms. The van der Waals surface area contributed by atoms with Crippen LogP contribution in [0.2, 0.25) is 0 Å². The van der Waals surface area contributed by atoms with Gasteiger partial charge in [0.15, 0.2) is 5.82 Å². The fourth-order valence-corrected chi connectivity index (χ4v) is 2.08. The van der Waals surface area contributed by atoms with Crippen LogP contribution in [-0.4, -0.2) is 21.7 Å². The second-order valence-corrected chi connectivity index (χ2v) is 4.58. The van der Waals surface area contributed by atoms with E-state index in [-0.39, 0.29) is 5.91 Å². The Bertz CT molecular complexity index is 806. The van der Waals surface area contributed by atoms with E-state index in [1.807, 2.05) is 54.1 Å². The number of aryl methyl sites for hydroxylation is 1. The number of para-hydroxylation sites is 2. The maximum atomic E-state index is 11.8. The standard InChI is InChI=1S/C16H14N4O/c1-20-14-10-6-5-9-13(14)18-15(20)11-17-19-16(21)12-7-3-2-4-8-12/h2-11H,1H3,(H,19,21)/b17-11-. The summed E-state index contributed by atoms with van der Waals surface area (Å²) in [4.78, 5) is 16.3. The number of hydrogen-bond acceptors (Lipinski definition) is 3. The zero-order chi connectivity index (χ0) is 14.7. The van der Waals surface area contributed by atoms with Crippen LogP contribution in [0, 0.1) is 0 Å². The van der Waals surface area contributed by atoms with Crippen LogP contribution in [0.25, 0.3) is 11.0 Å². The van der Waals surface area contributed by atoms with Gasteiger partial charge in [-0.2, -0.15) is 5.10 Å². The second-order valence-electron chi connectivity index (χ2n) is 4.58. The van der Waals surface area contributed by atoms with Crippen LogP contribution in [-0.2, 0) is 7.05 Å². The van der Waals surface area contributed by atoms with Gasteiger partial charge in [0.25, 0.3) is 5.91 Å². The van der Waals surface area contributed by atoms with Crippen molar-refractivity contribution < 1.29 is 4.79 Å². The van der Waals surface area contributed by atoms with Crippen LogP contribution in [0.15, 0.2) is 59.7 Å². The Morgan fingerprint density at radius 1 is 1.14 bits per heavy atom. The fraction of sp³-hybridized carbons (Fsp3) is 0.0625. The number of nitrogens with zero attached hydrogens (tertiary/aromatic N) is 3.